The number of likely N-dealkylation sites (tertiary alicyclic amines) is 1. The zero-order valence-corrected chi connectivity index (χ0v) is 13.5. The molecule has 1 spiro atoms. The molecule has 0 aromatic heterocycles. The van der Waals surface area contributed by atoms with Crippen LogP contribution in [-0.2, 0) is 10.2 Å². The van der Waals surface area contributed by atoms with E-state index in [0.29, 0.717) is 19.5 Å². The van der Waals surface area contributed by atoms with Gasteiger partial charge in [-0.25, -0.2) is 4.79 Å². The molecule has 0 unspecified atom stereocenters. The highest BCUT2D eigenvalue weighted by Gasteiger charge is 2.54. The maximum absolute atomic E-state index is 12.9. The number of fused-ring (bicyclic) bond motifs is 2. The second kappa shape index (κ2) is 5.37. The molecule has 2 aliphatic heterocycles. The number of benzene rings is 2. The Morgan fingerprint density at radius 1 is 1.08 bits per heavy atom. The van der Waals surface area contributed by atoms with Crippen molar-refractivity contribution in [1.29, 1.82) is 0 Å². The van der Waals surface area contributed by atoms with E-state index in [-0.39, 0.29) is 11.9 Å². The van der Waals surface area contributed by atoms with Gasteiger partial charge in [-0.05, 0) is 30.2 Å². The highest BCUT2D eigenvalue weighted by atomic mass is 16.2. The van der Waals surface area contributed by atoms with Crippen LogP contribution in [0.3, 0.4) is 0 Å². The molecule has 0 radical (unpaired) electrons. The molecule has 0 bridgehead atoms. The average molecular weight is 321 g/mol. The maximum Gasteiger partial charge on any atom is 0.321 e. The van der Waals surface area contributed by atoms with E-state index in [1.54, 1.807) is 9.80 Å². The number of anilines is 2. The smallest absolute Gasteiger partial charge is 0.321 e. The van der Waals surface area contributed by atoms with Gasteiger partial charge < -0.3 is 15.1 Å². The van der Waals surface area contributed by atoms with Crippen molar-refractivity contribution in [3.63, 3.8) is 0 Å². The van der Waals surface area contributed by atoms with Gasteiger partial charge in [-0.1, -0.05) is 36.4 Å². The normalized spacial score (nSPS) is 22.1. The van der Waals surface area contributed by atoms with Crippen LogP contribution in [0.25, 0.3) is 0 Å². The molecule has 24 heavy (non-hydrogen) atoms. The zero-order valence-electron chi connectivity index (χ0n) is 13.5. The quantitative estimate of drug-likeness (QED) is 0.878. The van der Waals surface area contributed by atoms with E-state index in [1.807, 2.05) is 61.6 Å². The minimum Gasteiger partial charge on any atom is -0.323 e. The van der Waals surface area contributed by atoms with Crippen molar-refractivity contribution in [2.75, 3.05) is 30.4 Å². The first-order chi connectivity index (χ1) is 11.6. The summed E-state index contributed by atoms with van der Waals surface area (Å²) in [6.45, 7) is 0.998. The van der Waals surface area contributed by atoms with E-state index in [9.17, 15) is 9.59 Å². The molecule has 2 aromatic carbocycles. The van der Waals surface area contributed by atoms with Gasteiger partial charge in [0.2, 0.25) is 5.91 Å². The summed E-state index contributed by atoms with van der Waals surface area (Å²) < 4.78 is 0. The Hall–Kier alpha value is -2.82. The SMILES string of the molecule is CN1C(=O)[C@@]2(CCN(C(=O)Nc3ccccc3)C2)c2ccccc21. The molecular weight excluding hydrogens is 302 g/mol. The highest BCUT2D eigenvalue weighted by molar-refractivity contribution is 6.08. The van der Waals surface area contributed by atoms with Gasteiger partial charge in [-0.3, -0.25) is 4.79 Å². The number of nitrogens with one attached hydrogen (secondary N) is 1. The Bertz CT molecular complexity index is 805. The lowest BCUT2D eigenvalue weighted by Gasteiger charge is -2.23. The Morgan fingerprint density at radius 2 is 1.79 bits per heavy atom. The summed E-state index contributed by atoms with van der Waals surface area (Å²) in [5.74, 6) is 0.0821. The Labute approximate surface area is 140 Å². The molecule has 1 N–H and O–H groups in total. The second-order valence-electron chi connectivity index (χ2n) is 6.43. The summed E-state index contributed by atoms with van der Waals surface area (Å²) in [5.41, 5.74) is 2.15. The molecule has 1 atom stereocenters. The predicted molar refractivity (Wildman–Crippen MR) is 93.2 cm³/mol. The molecule has 5 heteroatoms. The average Bonchev–Trinajstić information content (AvgIpc) is 3.15. The number of carbonyl (C=O) groups excluding carboxylic acids is 2. The van der Waals surface area contributed by atoms with E-state index in [0.717, 1.165) is 16.9 Å². The lowest BCUT2D eigenvalue weighted by Crippen LogP contribution is -2.42. The first-order valence-electron chi connectivity index (χ1n) is 8.10. The number of likely N-dealkylation sites (N-methyl/N-ethyl adjacent to an activating group) is 1. The van der Waals surface area contributed by atoms with Crippen LogP contribution in [0, 0.1) is 0 Å². The minimum absolute atomic E-state index is 0.0821. The van der Waals surface area contributed by atoms with Crippen molar-refractivity contribution in [2.24, 2.45) is 0 Å². The number of urea groups is 1. The van der Waals surface area contributed by atoms with E-state index >= 15 is 0 Å². The number of hydrogen-bond acceptors (Lipinski definition) is 2. The van der Waals surface area contributed by atoms with Gasteiger partial charge in [0.1, 0.15) is 0 Å². The van der Waals surface area contributed by atoms with E-state index in [4.69, 9.17) is 0 Å². The number of para-hydroxylation sites is 2. The van der Waals surface area contributed by atoms with Crippen LogP contribution in [-0.4, -0.2) is 37.0 Å². The second-order valence-corrected chi connectivity index (χ2v) is 6.43. The van der Waals surface area contributed by atoms with Crippen molar-refractivity contribution >= 4 is 23.3 Å². The van der Waals surface area contributed by atoms with Crippen LogP contribution in [0.1, 0.15) is 12.0 Å². The fraction of sp³-hybridized carbons (Fsp3) is 0.263. The monoisotopic (exact) mass is 321 g/mol. The third-order valence-electron chi connectivity index (χ3n) is 5.08. The van der Waals surface area contributed by atoms with E-state index < -0.39 is 5.41 Å². The fourth-order valence-corrected chi connectivity index (χ4v) is 3.82. The Kier molecular flexibility index (Phi) is 3.30. The predicted octanol–water partition coefficient (Wildman–Crippen LogP) is 2.84. The third kappa shape index (κ3) is 2.08. The van der Waals surface area contributed by atoms with Gasteiger partial charge in [-0.2, -0.15) is 0 Å². The van der Waals surface area contributed by atoms with Crippen molar-refractivity contribution in [1.82, 2.24) is 4.90 Å². The largest absolute Gasteiger partial charge is 0.323 e. The number of nitrogens with zero attached hydrogens (tertiary/aromatic N) is 2. The molecule has 5 nitrogen and oxygen atoms in total. The van der Waals surface area contributed by atoms with Crippen molar-refractivity contribution < 1.29 is 9.59 Å². The van der Waals surface area contributed by atoms with Crippen molar-refractivity contribution in [3.8, 4) is 0 Å². The summed E-state index contributed by atoms with van der Waals surface area (Å²) in [5, 5.41) is 2.90. The number of rotatable bonds is 1. The summed E-state index contributed by atoms with van der Waals surface area (Å²) in [4.78, 5) is 28.9. The van der Waals surface area contributed by atoms with Gasteiger partial charge in [0.15, 0.2) is 0 Å². The van der Waals surface area contributed by atoms with Gasteiger partial charge in [0.25, 0.3) is 0 Å². The van der Waals surface area contributed by atoms with Crippen LogP contribution in [0.4, 0.5) is 16.2 Å². The third-order valence-corrected chi connectivity index (χ3v) is 5.08. The molecule has 4 rings (SSSR count). The molecule has 1 saturated heterocycles. The lowest BCUT2D eigenvalue weighted by molar-refractivity contribution is -0.122. The first kappa shape index (κ1) is 14.8. The highest BCUT2D eigenvalue weighted by Crippen LogP contribution is 2.46. The molecule has 0 aliphatic carbocycles. The van der Waals surface area contributed by atoms with E-state index in [1.165, 1.54) is 0 Å². The molecule has 3 amide bonds. The molecule has 2 aliphatic rings. The van der Waals surface area contributed by atoms with Gasteiger partial charge in [0, 0.05) is 31.5 Å². The summed E-state index contributed by atoms with van der Waals surface area (Å²) >= 11 is 0. The molecule has 1 fully saturated rings. The minimum atomic E-state index is -0.598. The summed E-state index contributed by atoms with van der Waals surface area (Å²) in [6.07, 6.45) is 0.662. The van der Waals surface area contributed by atoms with Crippen LogP contribution < -0.4 is 10.2 Å². The fourth-order valence-electron chi connectivity index (χ4n) is 3.82. The van der Waals surface area contributed by atoms with Crippen LogP contribution >= 0.6 is 0 Å². The standard InChI is InChI=1S/C19H19N3O2/c1-21-16-10-6-5-9-15(16)19(17(21)23)11-12-22(13-19)18(24)20-14-7-3-2-4-8-14/h2-10H,11-13H2,1H3,(H,20,24)/t19-/m1/s1. The van der Waals surface area contributed by atoms with Crippen LogP contribution in [0.5, 0.6) is 0 Å². The topological polar surface area (TPSA) is 52.7 Å². The maximum atomic E-state index is 12.9. The first-order valence-corrected chi connectivity index (χ1v) is 8.10. The molecule has 122 valence electrons. The van der Waals surface area contributed by atoms with Gasteiger partial charge >= 0.3 is 6.03 Å². The number of hydrogen-bond donors (Lipinski definition) is 1. The molecule has 2 aromatic rings. The van der Waals surface area contributed by atoms with Crippen LogP contribution in [0.15, 0.2) is 54.6 Å². The Morgan fingerprint density at radius 3 is 2.58 bits per heavy atom. The Balaban J connectivity index is 1.58. The molecular formula is C19H19N3O2. The summed E-state index contributed by atoms with van der Waals surface area (Å²) in [6, 6.07) is 17.1. The van der Waals surface area contributed by atoms with Gasteiger partial charge in [-0.15, -0.1) is 0 Å². The number of carbonyl (C=O) groups is 2. The van der Waals surface area contributed by atoms with Gasteiger partial charge in [0.05, 0.1) is 5.41 Å². The van der Waals surface area contributed by atoms with E-state index in [2.05, 4.69) is 5.32 Å². The van der Waals surface area contributed by atoms with Crippen LogP contribution in [0.2, 0.25) is 0 Å². The summed E-state index contributed by atoms with van der Waals surface area (Å²) in [7, 11) is 1.81. The zero-order chi connectivity index (χ0) is 16.7. The lowest BCUT2D eigenvalue weighted by atomic mass is 9.81. The van der Waals surface area contributed by atoms with Crippen molar-refractivity contribution in [2.45, 2.75) is 11.8 Å². The number of amides is 3. The van der Waals surface area contributed by atoms with Crippen molar-refractivity contribution in [3.05, 3.63) is 60.2 Å². The molecule has 2 heterocycles. The molecule has 0 saturated carbocycles.